The first-order valence-electron chi connectivity index (χ1n) is 7.16. The van der Waals surface area contributed by atoms with Gasteiger partial charge in [-0.05, 0) is 33.3 Å². The van der Waals surface area contributed by atoms with Gasteiger partial charge < -0.3 is 19.5 Å². The van der Waals surface area contributed by atoms with Gasteiger partial charge in [0, 0.05) is 38.4 Å². The average Bonchev–Trinajstić information content (AvgIpc) is 2.80. The number of carbonyl (C=O) groups excluding carboxylic acids is 1. The molecule has 0 bridgehead atoms. The van der Waals surface area contributed by atoms with E-state index in [0.717, 1.165) is 12.1 Å². The smallest absolute Gasteiger partial charge is 0.410 e. The maximum Gasteiger partial charge on any atom is 0.410 e. The van der Waals surface area contributed by atoms with Crippen molar-refractivity contribution in [1.82, 2.24) is 9.47 Å². The Balaban J connectivity index is 1.92. The van der Waals surface area contributed by atoms with E-state index in [9.17, 15) is 9.59 Å². The molecule has 116 valence electrons. The summed E-state index contributed by atoms with van der Waals surface area (Å²) in [5.74, 6) is 0. The van der Waals surface area contributed by atoms with Crippen LogP contribution in [0.2, 0.25) is 0 Å². The molecule has 0 saturated carbocycles. The number of carbonyl (C=O) groups is 1. The molecule has 1 saturated heterocycles. The molecule has 1 unspecified atom stereocenters. The molecule has 0 spiro atoms. The van der Waals surface area contributed by atoms with Crippen LogP contribution in [0.15, 0.2) is 23.1 Å². The second-order valence-electron chi connectivity index (χ2n) is 6.42. The number of ether oxygens (including phenoxy) is 1. The maximum atomic E-state index is 12.0. The lowest BCUT2D eigenvalue weighted by molar-refractivity contribution is 0.0293. The van der Waals surface area contributed by atoms with Gasteiger partial charge >= 0.3 is 6.09 Å². The SMILES string of the molecule is Cn1cc(NC2CCN(C(=O)OC(C)(C)C)C2)ccc1=O. The number of amides is 1. The second kappa shape index (κ2) is 5.79. The quantitative estimate of drug-likeness (QED) is 0.903. The monoisotopic (exact) mass is 293 g/mol. The number of nitrogens with zero attached hydrogens (tertiary/aromatic N) is 2. The molecule has 1 aliphatic rings. The molecular weight excluding hydrogens is 270 g/mol. The summed E-state index contributed by atoms with van der Waals surface area (Å²) in [5, 5.41) is 3.35. The van der Waals surface area contributed by atoms with Crippen LogP contribution in [0.1, 0.15) is 27.2 Å². The predicted molar refractivity (Wildman–Crippen MR) is 81.5 cm³/mol. The first-order valence-corrected chi connectivity index (χ1v) is 7.16. The summed E-state index contributed by atoms with van der Waals surface area (Å²) < 4.78 is 6.90. The van der Waals surface area contributed by atoms with Crippen molar-refractivity contribution in [2.45, 2.75) is 38.8 Å². The van der Waals surface area contributed by atoms with Gasteiger partial charge in [-0.25, -0.2) is 4.79 Å². The normalized spacial score (nSPS) is 18.7. The van der Waals surface area contributed by atoms with Crippen molar-refractivity contribution >= 4 is 11.8 Å². The van der Waals surface area contributed by atoms with Crippen LogP contribution < -0.4 is 10.9 Å². The van der Waals surface area contributed by atoms with Crippen molar-refractivity contribution in [3.05, 3.63) is 28.7 Å². The van der Waals surface area contributed by atoms with Gasteiger partial charge in [0.1, 0.15) is 5.60 Å². The topological polar surface area (TPSA) is 63.6 Å². The Morgan fingerprint density at radius 2 is 2.10 bits per heavy atom. The number of aromatic nitrogens is 1. The van der Waals surface area contributed by atoms with E-state index in [-0.39, 0.29) is 17.7 Å². The molecule has 6 nitrogen and oxygen atoms in total. The molecule has 1 aromatic rings. The number of hydrogen-bond acceptors (Lipinski definition) is 4. The fourth-order valence-corrected chi connectivity index (χ4v) is 2.29. The van der Waals surface area contributed by atoms with Gasteiger partial charge in [-0.2, -0.15) is 0 Å². The first-order chi connectivity index (χ1) is 9.74. The van der Waals surface area contributed by atoms with E-state index in [0.29, 0.717) is 13.1 Å². The zero-order chi connectivity index (χ0) is 15.6. The number of nitrogens with one attached hydrogen (secondary N) is 1. The lowest BCUT2D eigenvalue weighted by Gasteiger charge is -2.24. The van der Waals surface area contributed by atoms with Crippen molar-refractivity contribution in [3.63, 3.8) is 0 Å². The highest BCUT2D eigenvalue weighted by Crippen LogP contribution is 2.18. The van der Waals surface area contributed by atoms with E-state index in [1.165, 1.54) is 10.6 Å². The number of rotatable bonds is 2. The number of aryl methyl sites for hydroxylation is 1. The molecule has 1 fully saturated rings. The van der Waals surface area contributed by atoms with Crippen LogP contribution >= 0.6 is 0 Å². The number of pyridine rings is 1. The van der Waals surface area contributed by atoms with Gasteiger partial charge in [0.25, 0.3) is 0 Å². The second-order valence-corrected chi connectivity index (χ2v) is 6.42. The van der Waals surface area contributed by atoms with E-state index in [4.69, 9.17) is 4.74 Å². The highest BCUT2D eigenvalue weighted by atomic mass is 16.6. The van der Waals surface area contributed by atoms with Crippen molar-refractivity contribution in [2.75, 3.05) is 18.4 Å². The Morgan fingerprint density at radius 3 is 2.71 bits per heavy atom. The minimum atomic E-state index is -0.472. The van der Waals surface area contributed by atoms with Gasteiger partial charge in [-0.3, -0.25) is 4.79 Å². The summed E-state index contributed by atoms with van der Waals surface area (Å²) in [6, 6.07) is 3.47. The number of hydrogen-bond donors (Lipinski definition) is 1. The maximum absolute atomic E-state index is 12.0. The summed E-state index contributed by atoms with van der Waals surface area (Å²) >= 11 is 0. The Kier molecular flexibility index (Phi) is 4.25. The Hall–Kier alpha value is -1.98. The summed E-state index contributed by atoms with van der Waals surface area (Å²) in [5.41, 5.74) is 0.371. The molecule has 0 aliphatic carbocycles. The van der Waals surface area contributed by atoms with Crippen LogP contribution in [0.5, 0.6) is 0 Å². The third kappa shape index (κ3) is 4.24. The van der Waals surface area contributed by atoms with Crippen molar-refractivity contribution < 1.29 is 9.53 Å². The highest BCUT2D eigenvalue weighted by molar-refractivity contribution is 5.68. The van der Waals surface area contributed by atoms with Crippen LogP contribution in [0, 0.1) is 0 Å². The standard InChI is InChI=1S/C15H23N3O3/c1-15(2,3)21-14(20)18-8-7-12(10-18)16-11-5-6-13(19)17(4)9-11/h5-6,9,12,16H,7-8,10H2,1-4H3. The zero-order valence-corrected chi connectivity index (χ0v) is 13.0. The van der Waals surface area contributed by atoms with Crippen molar-refractivity contribution in [2.24, 2.45) is 7.05 Å². The summed E-state index contributed by atoms with van der Waals surface area (Å²) in [4.78, 5) is 25.0. The molecule has 2 heterocycles. The van der Waals surface area contributed by atoms with Crippen LogP contribution in [0.25, 0.3) is 0 Å². The van der Waals surface area contributed by atoms with Crippen molar-refractivity contribution in [1.29, 1.82) is 0 Å². The van der Waals surface area contributed by atoms with Gasteiger partial charge in [0.15, 0.2) is 0 Å². The first kappa shape index (κ1) is 15.4. The lowest BCUT2D eigenvalue weighted by Crippen LogP contribution is -2.36. The minimum Gasteiger partial charge on any atom is -0.444 e. The highest BCUT2D eigenvalue weighted by Gasteiger charge is 2.29. The van der Waals surface area contributed by atoms with E-state index in [2.05, 4.69) is 5.32 Å². The molecule has 1 amide bonds. The van der Waals surface area contributed by atoms with Gasteiger partial charge in [-0.1, -0.05) is 0 Å². The fraction of sp³-hybridized carbons (Fsp3) is 0.600. The molecule has 1 aromatic heterocycles. The van der Waals surface area contributed by atoms with Crippen LogP contribution in [-0.2, 0) is 11.8 Å². The van der Waals surface area contributed by atoms with Crippen LogP contribution in [0.3, 0.4) is 0 Å². The van der Waals surface area contributed by atoms with Gasteiger partial charge in [0.05, 0.1) is 5.69 Å². The minimum absolute atomic E-state index is 0.0395. The molecule has 2 rings (SSSR count). The predicted octanol–water partition coefficient (Wildman–Crippen LogP) is 1.81. The molecular formula is C15H23N3O3. The van der Waals surface area contributed by atoms with E-state index in [1.807, 2.05) is 20.8 Å². The summed E-state index contributed by atoms with van der Waals surface area (Å²) in [7, 11) is 1.72. The Morgan fingerprint density at radius 1 is 1.38 bits per heavy atom. The zero-order valence-electron chi connectivity index (χ0n) is 13.0. The van der Waals surface area contributed by atoms with Gasteiger partial charge in [-0.15, -0.1) is 0 Å². The molecule has 6 heteroatoms. The van der Waals surface area contributed by atoms with E-state index >= 15 is 0 Å². The van der Waals surface area contributed by atoms with E-state index in [1.54, 1.807) is 24.2 Å². The van der Waals surface area contributed by atoms with Crippen LogP contribution in [0.4, 0.5) is 10.5 Å². The lowest BCUT2D eigenvalue weighted by atomic mass is 10.2. The molecule has 1 aliphatic heterocycles. The molecule has 1 N–H and O–H groups in total. The summed E-state index contributed by atoms with van der Waals surface area (Å²) in [6.45, 7) is 6.87. The number of anilines is 1. The Bertz CT molecular complexity index is 574. The number of likely N-dealkylation sites (tertiary alicyclic amines) is 1. The molecule has 21 heavy (non-hydrogen) atoms. The van der Waals surface area contributed by atoms with Gasteiger partial charge in [0.2, 0.25) is 5.56 Å². The third-order valence-corrected chi connectivity index (χ3v) is 3.30. The van der Waals surface area contributed by atoms with Crippen molar-refractivity contribution in [3.8, 4) is 0 Å². The van der Waals surface area contributed by atoms with Crippen LogP contribution in [-0.4, -0.2) is 40.3 Å². The van der Waals surface area contributed by atoms with E-state index < -0.39 is 5.60 Å². The Labute approximate surface area is 124 Å². The largest absolute Gasteiger partial charge is 0.444 e. The summed E-state index contributed by atoms with van der Waals surface area (Å²) in [6.07, 6.45) is 2.35. The third-order valence-electron chi connectivity index (χ3n) is 3.30. The average molecular weight is 293 g/mol. The molecule has 1 atom stereocenters. The fourth-order valence-electron chi connectivity index (χ4n) is 2.29. The molecule has 0 radical (unpaired) electrons. The molecule has 0 aromatic carbocycles.